The molecule has 1 amide bonds. The summed E-state index contributed by atoms with van der Waals surface area (Å²) in [6.07, 6.45) is 0. The Morgan fingerprint density at radius 2 is 1.65 bits per heavy atom. The van der Waals surface area contributed by atoms with Crippen LogP contribution in [0.1, 0.15) is 22.7 Å². The number of carbonyl (C=O) groups is 2. The van der Waals surface area contributed by atoms with Crippen LogP contribution in [0, 0.1) is 6.92 Å². The predicted molar refractivity (Wildman–Crippen MR) is 138 cm³/mol. The molecule has 188 valence electrons. The van der Waals surface area contributed by atoms with Crippen molar-refractivity contribution in [1.82, 2.24) is 9.97 Å². The molecule has 0 bridgehead atoms. The van der Waals surface area contributed by atoms with Crippen molar-refractivity contribution in [2.24, 2.45) is 0 Å². The number of amides is 1. The summed E-state index contributed by atoms with van der Waals surface area (Å²) in [5.41, 5.74) is 3.20. The standard InChI is InChI=1S/C28H25N3O6/c1-15-5-11-19-20(13-15)30-28(29-19)31-24(17-8-12-21(36-3)22(14-17)37-4)23(26(33)27(31)34)25(32)16-6-9-18(35-2)10-7-16/h5-14,24,32H,1-4H3,(H,29,30)/b25-23+. The number of aromatic amines is 1. The molecule has 0 saturated carbocycles. The molecule has 3 aromatic carbocycles. The number of methoxy groups -OCH3 is 3. The lowest BCUT2D eigenvalue weighted by molar-refractivity contribution is -0.132. The maximum Gasteiger partial charge on any atom is 0.302 e. The van der Waals surface area contributed by atoms with Gasteiger partial charge in [0, 0.05) is 5.56 Å². The fraction of sp³-hybridized carbons (Fsp3) is 0.179. The molecule has 9 nitrogen and oxygen atoms in total. The Balaban J connectivity index is 1.73. The lowest BCUT2D eigenvalue weighted by Gasteiger charge is -2.23. The Bertz CT molecular complexity index is 1550. The summed E-state index contributed by atoms with van der Waals surface area (Å²) in [5.74, 6) is -0.277. The SMILES string of the molecule is COc1ccc(/C(O)=C2\C(=O)C(=O)N(c3nc4ccc(C)cc4[nH]3)C2c2ccc(OC)c(OC)c2)cc1. The van der Waals surface area contributed by atoms with Gasteiger partial charge in [0.1, 0.15) is 11.5 Å². The smallest absolute Gasteiger partial charge is 0.302 e. The van der Waals surface area contributed by atoms with E-state index in [1.807, 2.05) is 25.1 Å². The Morgan fingerprint density at radius 1 is 0.919 bits per heavy atom. The van der Waals surface area contributed by atoms with Gasteiger partial charge in [0.2, 0.25) is 5.95 Å². The lowest BCUT2D eigenvalue weighted by Crippen LogP contribution is -2.30. The van der Waals surface area contributed by atoms with Gasteiger partial charge in [-0.1, -0.05) is 12.1 Å². The molecular weight excluding hydrogens is 474 g/mol. The largest absolute Gasteiger partial charge is 0.507 e. The normalized spacial score (nSPS) is 16.9. The van der Waals surface area contributed by atoms with Crippen LogP contribution in [0.4, 0.5) is 5.95 Å². The van der Waals surface area contributed by atoms with E-state index in [1.165, 1.54) is 26.2 Å². The van der Waals surface area contributed by atoms with Crippen LogP contribution in [-0.4, -0.2) is 48.1 Å². The first-order valence-electron chi connectivity index (χ1n) is 11.5. The van der Waals surface area contributed by atoms with Gasteiger partial charge in [0.05, 0.1) is 44.0 Å². The van der Waals surface area contributed by atoms with Crippen LogP contribution < -0.4 is 19.1 Å². The van der Waals surface area contributed by atoms with Crippen molar-refractivity contribution >= 4 is 34.4 Å². The average Bonchev–Trinajstić information content (AvgIpc) is 3.45. The number of carbonyl (C=O) groups excluding carboxylic acids is 2. The number of hydrogen-bond acceptors (Lipinski definition) is 7. The Kier molecular flexibility index (Phi) is 6.04. The van der Waals surface area contributed by atoms with Crippen LogP contribution in [0.25, 0.3) is 16.8 Å². The fourth-order valence-corrected chi connectivity index (χ4v) is 4.52. The Morgan fingerprint density at radius 3 is 2.32 bits per heavy atom. The zero-order valence-electron chi connectivity index (χ0n) is 20.7. The minimum Gasteiger partial charge on any atom is -0.507 e. The second-order valence-electron chi connectivity index (χ2n) is 8.59. The van der Waals surface area contributed by atoms with Gasteiger partial charge in [-0.25, -0.2) is 4.98 Å². The number of benzene rings is 3. The summed E-state index contributed by atoms with van der Waals surface area (Å²) in [7, 11) is 4.55. The van der Waals surface area contributed by atoms with Crippen molar-refractivity contribution in [1.29, 1.82) is 0 Å². The van der Waals surface area contributed by atoms with E-state index in [-0.39, 0.29) is 17.3 Å². The molecule has 1 fully saturated rings. The van der Waals surface area contributed by atoms with E-state index >= 15 is 0 Å². The van der Waals surface area contributed by atoms with Crippen LogP contribution in [0.15, 0.2) is 66.2 Å². The third-order valence-electron chi connectivity index (χ3n) is 6.38. The van der Waals surface area contributed by atoms with Crippen molar-refractivity contribution in [2.45, 2.75) is 13.0 Å². The minimum atomic E-state index is -0.983. The van der Waals surface area contributed by atoms with Gasteiger partial charge in [-0.05, 0) is 66.6 Å². The number of fused-ring (bicyclic) bond motifs is 1. The number of ketones is 1. The van der Waals surface area contributed by atoms with Crippen molar-refractivity contribution < 1.29 is 28.9 Å². The van der Waals surface area contributed by atoms with E-state index in [9.17, 15) is 14.7 Å². The zero-order chi connectivity index (χ0) is 26.3. The first kappa shape index (κ1) is 23.9. The number of imidazole rings is 1. The predicted octanol–water partition coefficient (Wildman–Crippen LogP) is 4.52. The van der Waals surface area contributed by atoms with E-state index in [1.54, 1.807) is 42.5 Å². The lowest BCUT2D eigenvalue weighted by atomic mass is 9.95. The number of nitrogens with one attached hydrogen (secondary N) is 1. The van der Waals surface area contributed by atoms with Crippen molar-refractivity contribution in [3.05, 3.63) is 82.9 Å². The van der Waals surface area contributed by atoms with E-state index in [0.717, 1.165) is 11.1 Å². The number of ether oxygens (including phenoxy) is 3. The highest BCUT2D eigenvalue weighted by molar-refractivity contribution is 6.51. The molecule has 1 unspecified atom stereocenters. The maximum absolute atomic E-state index is 13.5. The molecule has 0 radical (unpaired) electrons. The number of aromatic nitrogens is 2. The van der Waals surface area contributed by atoms with Crippen LogP contribution >= 0.6 is 0 Å². The topological polar surface area (TPSA) is 114 Å². The fourth-order valence-electron chi connectivity index (χ4n) is 4.52. The van der Waals surface area contributed by atoms with Crippen molar-refractivity contribution in [3.63, 3.8) is 0 Å². The molecule has 0 spiro atoms. The summed E-state index contributed by atoms with van der Waals surface area (Å²) in [6, 6.07) is 16.3. The molecule has 37 heavy (non-hydrogen) atoms. The number of aliphatic hydroxyl groups is 1. The molecule has 1 atom stereocenters. The first-order valence-corrected chi connectivity index (χ1v) is 11.5. The van der Waals surface area contributed by atoms with Crippen LogP contribution in [0.5, 0.6) is 17.2 Å². The number of H-pyrrole nitrogens is 1. The van der Waals surface area contributed by atoms with Gasteiger partial charge in [0.25, 0.3) is 5.78 Å². The van der Waals surface area contributed by atoms with Crippen molar-refractivity contribution in [3.8, 4) is 17.2 Å². The highest BCUT2D eigenvalue weighted by Gasteiger charge is 2.48. The number of Topliss-reactive ketones (excluding diaryl/α,β-unsaturated/α-hetero) is 1. The van der Waals surface area contributed by atoms with E-state index in [2.05, 4.69) is 9.97 Å². The van der Waals surface area contributed by atoms with Gasteiger partial charge in [-0.15, -0.1) is 0 Å². The van der Waals surface area contributed by atoms with E-state index in [4.69, 9.17) is 14.2 Å². The molecule has 0 aliphatic carbocycles. The number of hydrogen-bond donors (Lipinski definition) is 2. The third-order valence-corrected chi connectivity index (χ3v) is 6.38. The van der Waals surface area contributed by atoms with Gasteiger partial charge in [-0.2, -0.15) is 0 Å². The van der Waals surface area contributed by atoms with Crippen LogP contribution in [0.3, 0.4) is 0 Å². The molecule has 2 N–H and O–H groups in total. The van der Waals surface area contributed by atoms with Crippen LogP contribution in [0.2, 0.25) is 0 Å². The summed E-state index contributed by atoms with van der Waals surface area (Å²) >= 11 is 0. The summed E-state index contributed by atoms with van der Waals surface area (Å²) in [6.45, 7) is 1.95. The van der Waals surface area contributed by atoms with Gasteiger partial charge in [-0.3, -0.25) is 14.5 Å². The number of anilines is 1. The van der Waals surface area contributed by atoms with Gasteiger partial charge in [0.15, 0.2) is 11.5 Å². The first-order chi connectivity index (χ1) is 17.9. The summed E-state index contributed by atoms with van der Waals surface area (Å²) in [5, 5.41) is 11.3. The molecule has 2 heterocycles. The highest BCUT2D eigenvalue weighted by Crippen LogP contribution is 2.43. The minimum absolute atomic E-state index is 0.0703. The molecular formula is C28H25N3O6. The summed E-state index contributed by atoms with van der Waals surface area (Å²) < 4.78 is 16.0. The number of rotatable bonds is 6. The molecule has 1 aliphatic rings. The average molecular weight is 500 g/mol. The summed E-state index contributed by atoms with van der Waals surface area (Å²) in [4.78, 5) is 35.9. The van der Waals surface area contributed by atoms with E-state index in [0.29, 0.717) is 33.9 Å². The third kappa shape index (κ3) is 4.04. The number of aryl methyl sites for hydroxylation is 1. The number of aliphatic hydroxyl groups excluding tert-OH is 1. The van der Waals surface area contributed by atoms with Gasteiger partial charge >= 0.3 is 5.91 Å². The molecule has 9 heteroatoms. The monoisotopic (exact) mass is 499 g/mol. The van der Waals surface area contributed by atoms with Crippen LogP contribution in [-0.2, 0) is 9.59 Å². The Hall–Kier alpha value is -4.79. The molecule has 1 saturated heterocycles. The second-order valence-corrected chi connectivity index (χ2v) is 8.59. The second kappa shape index (κ2) is 9.34. The zero-order valence-corrected chi connectivity index (χ0v) is 20.7. The maximum atomic E-state index is 13.5. The molecule has 1 aliphatic heterocycles. The molecule has 1 aromatic heterocycles. The molecule has 4 aromatic rings. The quantitative estimate of drug-likeness (QED) is 0.228. The highest BCUT2D eigenvalue weighted by atomic mass is 16.5. The molecule has 5 rings (SSSR count). The van der Waals surface area contributed by atoms with Gasteiger partial charge < -0.3 is 24.3 Å². The number of nitrogens with zero attached hydrogens (tertiary/aromatic N) is 2. The Labute approximate surface area is 212 Å². The van der Waals surface area contributed by atoms with E-state index < -0.39 is 17.7 Å². The van der Waals surface area contributed by atoms with Crippen molar-refractivity contribution in [2.75, 3.05) is 26.2 Å².